The predicted octanol–water partition coefficient (Wildman–Crippen LogP) is 8.12. The second-order valence-corrected chi connectivity index (χ2v) is 19.1. The Morgan fingerprint density at radius 3 is 1.54 bits per heavy atom. The summed E-state index contributed by atoms with van der Waals surface area (Å²) in [6.07, 6.45) is 8.96. The lowest BCUT2D eigenvalue weighted by atomic mass is 10.0. The van der Waals surface area contributed by atoms with Gasteiger partial charge >= 0.3 is 0 Å². The maximum absolute atomic E-state index is 13.0. The van der Waals surface area contributed by atoms with Crippen molar-refractivity contribution in [3.8, 4) is 0 Å². The molecule has 264 valence electrons. The van der Waals surface area contributed by atoms with Crippen LogP contribution in [-0.4, -0.2) is 78.8 Å². The molecule has 2 amide bonds. The minimum Gasteiger partial charge on any atom is -0.322 e. The number of hydrogen-bond donors (Lipinski definition) is 2. The first kappa shape index (κ1) is 35.4. The Bertz CT molecular complexity index is 1840. The standard InChI is InChI=1S/C19H22N2O3S2.C19H22N2OS2/c1-21-15-4-5-16(21)11-18(10-15)26(23,24)17-6-2-14(3-7-17)20-19(22)13-8-9-25-12-13;1-21-15-4-5-16(21)11-18(10-15)24-17-6-2-14(3-7-17)20-19(22)13-8-9-23-12-13/h2-3,6-9,12,15-16,18H,4-5,10-11H2,1H3,(H,20,22);2-3,6-9,12,15-16,18H,4-5,10-11H2,1H3,(H,20,22)/t2*15-,16+,18?. The van der Waals surface area contributed by atoms with Crippen molar-refractivity contribution in [1.29, 1.82) is 0 Å². The van der Waals surface area contributed by atoms with Gasteiger partial charge in [0.2, 0.25) is 0 Å². The van der Waals surface area contributed by atoms with E-state index in [1.807, 2.05) is 46.1 Å². The number of sulfone groups is 1. The second kappa shape index (κ2) is 15.3. The van der Waals surface area contributed by atoms with Crippen LogP contribution in [0.1, 0.15) is 72.1 Å². The number of thiophene rings is 2. The molecule has 50 heavy (non-hydrogen) atoms. The number of carbonyl (C=O) groups is 2. The van der Waals surface area contributed by atoms with Gasteiger partial charge in [-0.3, -0.25) is 9.59 Å². The molecule has 8 rings (SSSR count). The zero-order chi connectivity index (χ0) is 34.8. The number of hydrogen-bond acceptors (Lipinski definition) is 9. The lowest BCUT2D eigenvalue weighted by Gasteiger charge is -2.36. The van der Waals surface area contributed by atoms with Crippen LogP contribution >= 0.6 is 34.4 Å². The molecule has 2 N–H and O–H groups in total. The second-order valence-electron chi connectivity index (χ2n) is 13.9. The number of piperidine rings is 2. The molecule has 2 unspecified atom stereocenters. The van der Waals surface area contributed by atoms with Gasteiger partial charge in [0.1, 0.15) is 0 Å². The predicted molar refractivity (Wildman–Crippen MR) is 206 cm³/mol. The minimum absolute atomic E-state index is 0.0384. The first-order chi connectivity index (χ1) is 24.1. The Morgan fingerprint density at radius 1 is 0.660 bits per heavy atom. The SMILES string of the molecule is CN1[C@@H]2CC[C@H]1CC(S(=O)(=O)c1ccc(NC(=O)c3ccsc3)cc1)C2.CN1[C@@H]2CC[C@H]1CC(Sc1ccc(NC(=O)c3ccsc3)cc1)C2. The molecule has 0 saturated carbocycles. The van der Waals surface area contributed by atoms with Gasteiger partial charge in [0.05, 0.1) is 21.3 Å². The monoisotopic (exact) mass is 748 g/mol. The van der Waals surface area contributed by atoms with E-state index >= 15 is 0 Å². The number of nitrogens with zero attached hydrogens (tertiary/aromatic N) is 2. The summed E-state index contributed by atoms with van der Waals surface area (Å²) in [4.78, 5) is 30.7. The molecule has 12 heteroatoms. The lowest BCUT2D eigenvalue weighted by molar-refractivity contribution is 0.101. The number of fused-ring (bicyclic) bond motifs is 4. The zero-order valence-corrected chi connectivity index (χ0v) is 31.6. The van der Waals surface area contributed by atoms with Gasteiger partial charge in [-0.15, -0.1) is 11.8 Å². The van der Waals surface area contributed by atoms with Crippen LogP contribution in [0, 0.1) is 0 Å². The fourth-order valence-electron chi connectivity index (χ4n) is 8.00. The van der Waals surface area contributed by atoms with E-state index in [2.05, 4.69) is 46.7 Å². The fraction of sp³-hybridized carbons (Fsp3) is 0.421. The molecule has 2 aromatic carbocycles. The van der Waals surface area contributed by atoms with E-state index in [9.17, 15) is 18.0 Å². The summed E-state index contributed by atoms with van der Waals surface area (Å²) in [5.74, 6) is -0.225. The minimum atomic E-state index is -3.34. The first-order valence-corrected chi connectivity index (χ1v) is 21.7. The van der Waals surface area contributed by atoms with Crippen molar-refractivity contribution < 1.29 is 18.0 Å². The molecule has 6 heterocycles. The summed E-state index contributed by atoms with van der Waals surface area (Å²) < 4.78 is 26.1. The third-order valence-electron chi connectivity index (χ3n) is 11.0. The summed E-state index contributed by atoms with van der Waals surface area (Å²) in [6, 6.07) is 20.8. The lowest BCUT2D eigenvalue weighted by Crippen LogP contribution is -2.44. The number of amides is 2. The molecule has 6 atom stereocenters. The largest absolute Gasteiger partial charge is 0.322 e. The van der Waals surface area contributed by atoms with Crippen LogP contribution in [-0.2, 0) is 9.84 Å². The van der Waals surface area contributed by atoms with E-state index in [1.165, 1.54) is 53.3 Å². The van der Waals surface area contributed by atoms with Gasteiger partial charge in [0.15, 0.2) is 9.84 Å². The Balaban J connectivity index is 0.000000157. The first-order valence-electron chi connectivity index (χ1n) is 17.4. The summed E-state index contributed by atoms with van der Waals surface area (Å²) in [7, 11) is 1.06. The van der Waals surface area contributed by atoms with Crippen molar-refractivity contribution in [2.45, 2.75) is 95.8 Å². The van der Waals surface area contributed by atoms with Gasteiger partial charge in [-0.25, -0.2) is 8.42 Å². The van der Waals surface area contributed by atoms with Crippen molar-refractivity contribution in [2.75, 3.05) is 24.7 Å². The van der Waals surface area contributed by atoms with Crippen molar-refractivity contribution in [1.82, 2.24) is 9.80 Å². The van der Waals surface area contributed by atoms with Crippen molar-refractivity contribution in [2.24, 2.45) is 0 Å². The number of nitrogens with one attached hydrogen (secondary N) is 2. The van der Waals surface area contributed by atoms with Crippen molar-refractivity contribution in [3.05, 3.63) is 93.3 Å². The van der Waals surface area contributed by atoms with Crippen LogP contribution in [0.4, 0.5) is 11.4 Å². The zero-order valence-electron chi connectivity index (χ0n) is 28.4. The number of carbonyl (C=O) groups excluding carboxylic acids is 2. The highest BCUT2D eigenvalue weighted by molar-refractivity contribution is 8.00. The smallest absolute Gasteiger partial charge is 0.256 e. The van der Waals surface area contributed by atoms with E-state index in [0.29, 0.717) is 41.1 Å². The van der Waals surface area contributed by atoms with Crippen molar-refractivity contribution >= 4 is 67.5 Å². The van der Waals surface area contributed by atoms with E-state index in [4.69, 9.17) is 0 Å². The molecule has 4 aliphatic rings. The summed E-state index contributed by atoms with van der Waals surface area (Å²) >= 11 is 5.00. The fourth-order valence-corrected chi connectivity index (χ4v) is 12.4. The molecule has 8 nitrogen and oxygen atoms in total. The Labute approximate surface area is 307 Å². The molecule has 4 fully saturated rings. The van der Waals surface area contributed by atoms with E-state index in [-0.39, 0.29) is 17.1 Å². The van der Waals surface area contributed by atoms with Gasteiger partial charge in [-0.2, -0.15) is 22.7 Å². The van der Waals surface area contributed by atoms with Crippen LogP contribution in [0.15, 0.2) is 92.0 Å². The number of anilines is 2. The molecule has 0 radical (unpaired) electrons. The van der Waals surface area contributed by atoms with Gasteiger partial charge in [-0.05, 0) is 137 Å². The average Bonchev–Trinajstić information content (AvgIpc) is 3.91. The molecule has 4 bridgehead atoms. The number of rotatable bonds is 8. The Hall–Kier alpha value is -3.00. The molecular weight excluding hydrogens is 705 g/mol. The normalized spacial score (nSPS) is 26.2. The number of benzene rings is 2. The van der Waals surface area contributed by atoms with E-state index < -0.39 is 9.84 Å². The van der Waals surface area contributed by atoms with Gasteiger partial charge < -0.3 is 20.4 Å². The number of thioether (sulfide) groups is 1. The third-order valence-corrected chi connectivity index (χ3v) is 15.8. The molecule has 2 aromatic heterocycles. The van der Waals surface area contributed by atoms with Crippen LogP contribution in [0.25, 0.3) is 0 Å². The van der Waals surface area contributed by atoms with Crippen LogP contribution in [0.5, 0.6) is 0 Å². The summed E-state index contributed by atoms with van der Waals surface area (Å²) in [5.41, 5.74) is 2.79. The molecule has 0 spiro atoms. The maximum Gasteiger partial charge on any atom is 0.256 e. The highest BCUT2D eigenvalue weighted by Crippen LogP contribution is 2.42. The summed E-state index contributed by atoms with van der Waals surface area (Å²) in [6.45, 7) is 0. The highest BCUT2D eigenvalue weighted by Gasteiger charge is 2.43. The average molecular weight is 749 g/mol. The Kier molecular flexibility index (Phi) is 10.8. The van der Waals surface area contributed by atoms with E-state index in [0.717, 1.165) is 41.4 Å². The molecule has 4 aromatic rings. The van der Waals surface area contributed by atoms with Crippen LogP contribution in [0.2, 0.25) is 0 Å². The maximum atomic E-state index is 13.0. The van der Waals surface area contributed by atoms with Crippen LogP contribution in [0.3, 0.4) is 0 Å². The van der Waals surface area contributed by atoms with Gasteiger partial charge in [-0.1, -0.05) is 0 Å². The van der Waals surface area contributed by atoms with Crippen LogP contribution < -0.4 is 10.6 Å². The Morgan fingerprint density at radius 2 is 1.10 bits per heavy atom. The van der Waals surface area contributed by atoms with Gasteiger partial charge in [0, 0.05) is 56.4 Å². The van der Waals surface area contributed by atoms with E-state index in [1.54, 1.807) is 35.7 Å². The quantitative estimate of drug-likeness (QED) is 0.188. The third kappa shape index (κ3) is 7.90. The van der Waals surface area contributed by atoms with Gasteiger partial charge in [0.25, 0.3) is 11.8 Å². The molecule has 4 aliphatic heterocycles. The van der Waals surface area contributed by atoms with Crippen molar-refractivity contribution in [3.63, 3.8) is 0 Å². The summed E-state index contributed by atoms with van der Waals surface area (Å²) in [5, 5.41) is 13.6. The molecule has 4 saturated heterocycles. The molecule has 0 aliphatic carbocycles. The topological polar surface area (TPSA) is 98.8 Å². The molecular formula is C38H44N4O4S4. The highest BCUT2D eigenvalue weighted by atomic mass is 32.2.